The van der Waals surface area contributed by atoms with Crippen LogP contribution in [0.2, 0.25) is 0 Å². The summed E-state index contributed by atoms with van der Waals surface area (Å²) in [6.45, 7) is 7.50. The van der Waals surface area contributed by atoms with Crippen LogP contribution in [-0.2, 0) is 9.59 Å². The fourth-order valence-corrected chi connectivity index (χ4v) is 10.2. The molecule has 4 N–H and O–H groups in total. The smallest absolute Gasteiger partial charge is 0.326 e. The molecule has 5 rings (SSSR count). The first-order chi connectivity index (χ1) is 17.0. The van der Waals surface area contributed by atoms with Crippen LogP contribution in [0.4, 0.5) is 0 Å². The van der Waals surface area contributed by atoms with Gasteiger partial charge in [0.1, 0.15) is 6.04 Å². The maximum atomic E-state index is 12.9. The lowest BCUT2D eigenvalue weighted by molar-refractivity contribution is -0.223. The highest BCUT2D eigenvalue weighted by molar-refractivity contribution is 5.84. The molecule has 1 saturated heterocycles. The van der Waals surface area contributed by atoms with Crippen LogP contribution in [0.3, 0.4) is 0 Å². The summed E-state index contributed by atoms with van der Waals surface area (Å²) in [7, 11) is 0. The Balaban J connectivity index is 1.28. The Morgan fingerprint density at radius 2 is 1.61 bits per heavy atom. The SMILES string of the molecule is CC(CCC(=O)N1CCC[C@@H]1C(=O)O)[C@H]1CCC2C3C(CC[C@@]21C)[C@@]1(C)CC[C@@H](O)C[C@@H]1[C@@H](O)[C@H]3O. The number of fused-ring (bicyclic) bond motifs is 5. The molecule has 4 unspecified atom stereocenters. The van der Waals surface area contributed by atoms with E-state index < -0.39 is 24.2 Å². The summed E-state index contributed by atoms with van der Waals surface area (Å²) in [6.07, 6.45) is 7.21. The zero-order valence-electron chi connectivity index (χ0n) is 22.3. The second-order valence-electron chi connectivity index (χ2n) is 13.6. The van der Waals surface area contributed by atoms with E-state index in [0.29, 0.717) is 49.5 Å². The molecular formula is C29H47NO6. The summed E-state index contributed by atoms with van der Waals surface area (Å²) >= 11 is 0. The lowest BCUT2D eigenvalue weighted by Gasteiger charge is -2.63. The van der Waals surface area contributed by atoms with E-state index in [9.17, 15) is 30.0 Å². The number of carbonyl (C=O) groups is 2. The van der Waals surface area contributed by atoms with Gasteiger partial charge in [0.05, 0.1) is 18.3 Å². The van der Waals surface area contributed by atoms with Gasteiger partial charge in [0.15, 0.2) is 0 Å². The van der Waals surface area contributed by atoms with Gasteiger partial charge < -0.3 is 25.3 Å². The predicted octanol–water partition coefficient (Wildman–Crippen LogP) is 3.44. The second kappa shape index (κ2) is 9.53. The van der Waals surface area contributed by atoms with E-state index >= 15 is 0 Å². The molecule has 0 aromatic carbocycles. The molecule has 5 fully saturated rings. The van der Waals surface area contributed by atoms with Crippen molar-refractivity contribution in [2.24, 2.45) is 46.3 Å². The number of hydrogen-bond acceptors (Lipinski definition) is 5. The van der Waals surface area contributed by atoms with Gasteiger partial charge in [0.25, 0.3) is 0 Å². The Bertz CT molecular complexity index is 865. The minimum absolute atomic E-state index is 0.0283. The average Bonchev–Trinajstić information content (AvgIpc) is 3.46. The van der Waals surface area contributed by atoms with Crippen molar-refractivity contribution in [1.29, 1.82) is 0 Å². The molecule has 0 bridgehead atoms. The predicted molar refractivity (Wildman–Crippen MR) is 135 cm³/mol. The molecule has 7 nitrogen and oxygen atoms in total. The van der Waals surface area contributed by atoms with Crippen LogP contribution >= 0.6 is 0 Å². The number of carbonyl (C=O) groups excluding carboxylic acids is 1. The summed E-state index contributed by atoms with van der Waals surface area (Å²) < 4.78 is 0. The molecule has 1 aliphatic heterocycles. The van der Waals surface area contributed by atoms with Crippen molar-refractivity contribution in [1.82, 2.24) is 4.90 Å². The number of carboxylic acid groups (broad SMARTS) is 1. The minimum atomic E-state index is -0.895. The molecule has 0 radical (unpaired) electrons. The number of rotatable bonds is 5. The van der Waals surface area contributed by atoms with E-state index in [-0.39, 0.29) is 34.7 Å². The molecule has 0 spiro atoms. The summed E-state index contributed by atoms with van der Waals surface area (Å²) in [5.41, 5.74) is 0.0509. The number of carboxylic acids is 1. The van der Waals surface area contributed by atoms with Gasteiger partial charge in [-0.15, -0.1) is 0 Å². The summed E-state index contributed by atoms with van der Waals surface area (Å²) in [4.78, 5) is 26.0. The lowest BCUT2D eigenvalue weighted by atomic mass is 9.43. The first-order valence-electron chi connectivity index (χ1n) is 14.6. The van der Waals surface area contributed by atoms with Gasteiger partial charge >= 0.3 is 5.97 Å². The van der Waals surface area contributed by atoms with Gasteiger partial charge in [-0.25, -0.2) is 4.79 Å². The Morgan fingerprint density at radius 3 is 2.33 bits per heavy atom. The number of nitrogens with zero attached hydrogens (tertiary/aromatic N) is 1. The van der Waals surface area contributed by atoms with Gasteiger partial charge in [-0.05, 0) is 111 Å². The Morgan fingerprint density at radius 1 is 0.917 bits per heavy atom. The molecule has 12 atom stereocenters. The third-order valence-corrected chi connectivity index (χ3v) is 12.2. The fraction of sp³-hybridized carbons (Fsp3) is 0.931. The van der Waals surface area contributed by atoms with Gasteiger partial charge in [0, 0.05) is 13.0 Å². The molecule has 36 heavy (non-hydrogen) atoms. The Hall–Kier alpha value is -1.18. The third kappa shape index (κ3) is 4.03. The normalized spacial score (nSPS) is 49.2. The van der Waals surface area contributed by atoms with E-state index in [1.165, 1.54) is 0 Å². The van der Waals surface area contributed by atoms with Crippen molar-refractivity contribution in [2.75, 3.05) is 6.54 Å². The van der Waals surface area contributed by atoms with E-state index in [1.807, 2.05) is 0 Å². The van der Waals surface area contributed by atoms with Crippen molar-refractivity contribution in [3.05, 3.63) is 0 Å². The quantitative estimate of drug-likeness (QED) is 0.455. The summed E-state index contributed by atoms with van der Waals surface area (Å²) in [5.74, 6) is 0.694. The van der Waals surface area contributed by atoms with Gasteiger partial charge in [-0.3, -0.25) is 4.79 Å². The second-order valence-corrected chi connectivity index (χ2v) is 13.6. The maximum Gasteiger partial charge on any atom is 0.326 e. The first-order valence-corrected chi connectivity index (χ1v) is 14.6. The zero-order chi connectivity index (χ0) is 26.0. The van der Waals surface area contributed by atoms with Gasteiger partial charge in [-0.2, -0.15) is 0 Å². The van der Waals surface area contributed by atoms with E-state index in [2.05, 4.69) is 20.8 Å². The van der Waals surface area contributed by atoms with Crippen LogP contribution in [0.5, 0.6) is 0 Å². The lowest BCUT2D eigenvalue weighted by Crippen LogP contribution is -2.64. The van der Waals surface area contributed by atoms with Crippen LogP contribution in [0.25, 0.3) is 0 Å². The van der Waals surface area contributed by atoms with Crippen LogP contribution < -0.4 is 0 Å². The van der Waals surface area contributed by atoms with Gasteiger partial charge in [-0.1, -0.05) is 20.8 Å². The molecule has 4 aliphatic carbocycles. The van der Waals surface area contributed by atoms with E-state index in [0.717, 1.165) is 51.4 Å². The largest absolute Gasteiger partial charge is 0.480 e. The monoisotopic (exact) mass is 505 g/mol. The molecule has 7 heteroatoms. The topological polar surface area (TPSA) is 118 Å². The summed E-state index contributed by atoms with van der Waals surface area (Å²) in [6, 6.07) is -0.665. The number of aliphatic hydroxyl groups is 3. The van der Waals surface area contributed by atoms with Crippen molar-refractivity contribution >= 4 is 11.9 Å². The molecule has 204 valence electrons. The molecule has 5 aliphatic rings. The molecule has 0 aromatic heterocycles. The number of hydrogen-bond donors (Lipinski definition) is 4. The molecular weight excluding hydrogens is 458 g/mol. The van der Waals surface area contributed by atoms with Crippen LogP contribution in [0.1, 0.15) is 91.4 Å². The standard InChI is InChI=1S/C29H47NO6/c1-16(6-9-23(32)30-14-4-5-22(30)27(35)36)18-7-8-19-24-20(11-13-28(18,19)2)29(3)12-10-17(31)15-21(29)25(33)26(24)34/h16-22,24-26,31,33-34H,4-15H2,1-3H3,(H,35,36)/t16?,17-,18-,19?,20?,21-,22-,24?,25-,26+,28-,29-/m1/s1. The Kier molecular flexibility index (Phi) is 7.00. The van der Waals surface area contributed by atoms with Crippen LogP contribution in [-0.4, -0.2) is 68.1 Å². The highest BCUT2D eigenvalue weighted by Crippen LogP contribution is 2.68. The Labute approximate surface area is 215 Å². The minimum Gasteiger partial charge on any atom is -0.480 e. The van der Waals surface area contributed by atoms with Gasteiger partial charge in [0.2, 0.25) is 5.91 Å². The van der Waals surface area contributed by atoms with Crippen molar-refractivity contribution in [3.63, 3.8) is 0 Å². The number of aliphatic hydroxyl groups excluding tert-OH is 3. The number of likely N-dealkylation sites (tertiary alicyclic amines) is 1. The highest BCUT2D eigenvalue weighted by atomic mass is 16.4. The molecule has 1 amide bonds. The maximum absolute atomic E-state index is 12.9. The number of aliphatic carboxylic acids is 1. The third-order valence-electron chi connectivity index (χ3n) is 12.2. The molecule has 4 saturated carbocycles. The van der Waals surface area contributed by atoms with Crippen LogP contribution in [0, 0.1) is 46.3 Å². The molecule has 0 aromatic rings. The first kappa shape index (κ1) is 26.4. The highest BCUT2D eigenvalue weighted by Gasteiger charge is 2.65. The zero-order valence-corrected chi connectivity index (χ0v) is 22.3. The van der Waals surface area contributed by atoms with Crippen molar-refractivity contribution in [3.8, 4) is 0 Å². The van der Waals surface area contributed by atoms with Crippen molar-refractivity contribution < 1.29 is 30.0 Å². The average molecular weight is 506 g/mol. The molecule has 1 heterocycles. The van der Waals surface area contributed by atoms with E-state index in [1.54, 1.807) is 4.90 Å². The van der Waals surface area contributed by atoms with Crippen molar-refractivity contribution in [2.45, 2.75) is 116 Å². The fourth-order valence-electron chi connectivity index (χ4n) is 10.2. The number of amides is 1. The summed E-state index contributed by atoms with van der Waals surface area (Å²) in [5, 5.41) is 42.4. The van der Waals surface area contributed by atoms with E-state index in [4.69, 9.17) is 0 Å². The van der Waals surface area contributed by atoms with Crippen LogP contribution in [0.15, 0.2) is 0 Å².